The van der Waals surface area contributed by atoms with Crippen LogP contribution in [0.15, 0.2) is 12.1 Å². The summed E-state index contributed by atoms with van der Waals surface area (Å²) in [5.74, 6) is 0.942. The number of hydrogen-bond donors (Lipinski definition) is 1. The molecule has 88 valence electrons. The highest BCUT2D eigenvalue weighted by atomic mass is 35.5. The first-order valence-electron chi connectivity index (χ1n) is 5.81. The molecular formula is C13H18ClNO. The van der Waals surface area contributed by atoms with Crippen LogP contribution in [-0.2, 0) is 0 Å². The molecule has 0 aliphatic carbocycles. The fourth-order valence-corrected chi connectivity index (χ4v) is 2.26. The lowest BCUT2D eigenvalue weighted by Crippen LogP contribution is -2.34. The van der Waals surface area contributed by atoms with Gasteiger partial charge in [-0.25, -0.2) is 0 Å². The molecule has 1 N–H and O–H groups in total. The van der Waals surface area contributed by atoms with Crippen molar-refractivity contribution in [1.82, 2.24) is 5.32 Å². The molecule has 0 radical (unpaired) electrons. The third-order valence-electron chi connectivity index (χ3n) is 3.02. The third kappa shape index (κ3) is 2.69. The van der Waals surface area contributed by atoms with Crippen molar-refractivity contribution in [2.24, 2.45) is 0 Å². The molecule has 1 fully saturated rings. The van der Waals surface area contributed by atoms with Gasteiger partial charge in [-0.3, -0.25) is 0 Å². The van der Waals surface area contributed by atoms with Gasteiger partial charge in [-0.15, -0.1) is 0 Å². The van der Waals surface area contributed by atoms with Gasteiger partial charge in [0.1, 0.15) is 11.9 Å². The van der Waals surface area contributed by atoms with E-state index in [1.165, 1.54) is 0 Å². The van der Waals surface area contributed by atoms with E-state index in [4.69, 9.17) is 16.3 Å². The Hall–Kier alpha value is -0.730. The molecule has 0 bridgehead atoms. The molecule has 1 aromatic rings. The van der Waals surface area contributed by atoms with Crippen LogP contribution in [-0.4, -0.2) is 19.2 Å². The molecule has 1 heterocycles. The summed E-state index contributed by atoms with van der Waals surface area (Å²) >= 11 is 6.14. The summed E-state index contributed by atoms with van der Waals surface area (Å²) in [6.07, 6.45) is 2.48. The molecule has 1 aliphatic rings. The van der Waals surface area contributed by atoms with E-state index in [0.29, 0.717) is 6.10 Å². The second-order valence-corrected chi connectivity index (χ2v) is 4.84. The molecule has 0 amide bonds. The van der Waals surface area contributed by atoms with Crippen molar-refractivity contribution in [2.75, 3.05) is 13.1 Å². The highest BCUT2D eigenvalue weighted by Crippen LogP contribution is 2.29. The summed E-state index contributed by atoms with van der Waals surface area (Å²) in [4.78, 5) is 0. The van der Waals surface area contributed by atoms with Gasteiger partial charge in [-0.05, 0) is 57.5 Å². The molecule has 0 spiro atoms. The van der Waals surface area contributed by atoms with Crippen LogP contribution in [0.1, 0.15) is 24.0 Å². The van der Waals surface area contributed by atoms with Crippen LogP contribution < -0.4 is 10.1 Å². The Morgan fingerprint density at radius 3 is 2.62 bits per heavy atom. The van der Waals surface area contributed by atoms with Gasteiger partial charge in [-0.2, -0.15) is 0 Å². The number of hydrogen-bond acceptors (Lipinski definition) is 2. The first kappa shape index (κ1) is 11.7. The van der Waals surface area contributed by atoms with Crippen molar-refractivity contribution >= 4 is 11.6 Å². The van der Waals surface area contributed by atoms with Crippen molar-refractivity contribution in [3.8, 4) is 5.75 Å². The summed E-state index contributed by atoms with van der Waals surface area (Å²) in [5, 5.41) is 4.13. The SMILES string of the molecule is Cc1cc(Cl)c(C)c(OC2CCNCC2)c1. The molecule has 16 heavy (non-hydrogen) atoms. The molecule has 2 rings (SSSR count). The standard InChI is InChI=1S/C13H18ClNO/c1-9-7-12(14)10(2)13(8-9)16-11-3-5-15-6-4-11/h7-8,11,15H,3-6H2,1-2H3. The Balaban J connectivity index is 2.13. The van der Waals surface area contributed by atoms with E-state index in [1.54, 1.807) is 0 Å². The van der Waals surface area contributed by atoms with E-state index in [0.717, 1.165) is 47.8 Å². The van der Waals surface area contributed by atoms with Gasteiger partial charge in [0, 0.05) is 10.6 Å². The number of ether oxygens (including phenoxy) is 1. The molecule has 1 saturated heterocycles. The minimum absolute atomic E-state index is 0.331. The van der Waals surface area contributed by atoms with Crippen molar-refractivity contribution in [1.29, 1.82) is 0 Å². The Morgan fingerprint density at radius 1 is 1.25 bits per heavy atom. The van der Waals surface area contributed by atoms with E-state index in [9.17, 15) is 0 Å². The van der Waals surface area contributed by atoms with Crippen LogP contribution in [0.2, 0.25) is 5.02 Å². The Labute approximate surface area is 102 Å². The molecule has 1 aliphatic heterocycles. The summed E-state index contributed by atoms with van der Waals surface area (Å²) in [6, 6.07) is 4.05. The van der Waals surface area contributed by atoms with Crippen molar-refractivity contribution in [3.63, 3.8) is 0 Å². The largest absolute Gasteiger partial charge is 0.490 e. The highest BCUT2D eigenvalue weighted by molar-refractivity contribution is 6.31. The molecule has 0 saturated carbocycles. The monoisotopic (exact) mass is 239 g/mol. The summed E-state index contributed by atoms with van der Waals surface area (Å²) < 4.78 is 6.02. The Morgan fingerprint density at radius 2 is 1.94 bits per heavy atom. The van der Waals surface area contributed by atoms with Crippen LogP contribution in [0.4, 0.5) is 0 Å². The average molecular weight is 240 g/mol. The fraction of sp³-hybridized carbons (Fsp3) is 0.538. The quantitative estimate of drug-likeness (QED) is 0.857. The molecular weight excluding hydrogens is 222 g/mol. The van der Waals surface area contributed by atoms with Crippen molar-refractivity contribution < 1.29 is 4.74 Å². The van der Waals surface area contributed by atoms with Crippen LogP contribution >= 0.6 is 11.6 Å². The van der Waals surface area contributed by atoms with E-state index >= 15 is 0 Å². The molecule has 0 unspecified atom stereocenters. The van der Waals surface area contributed by atoms with E-state index in [1.807, 2.05) is 19.9 Å². The molecule has 0 atom stereocenters. The maximum absolute atomic E-state index is 6.14. The lowest BCUT2D eigenvalue weighted by molar-refractivity contribution is 0.161. The minimum Gasteiger partial charge on any atom is -0.490 e. The molecule has 3 heteroatoms. The van der Waals surface area contributed by atoms with Crippen molar-refractivity contribution in [3.05, 3.63) is 28.3 Å². The predicted molar refractivity (Wildman–Crippen MR) is 67.4 cm³/mol. The van der Waals surface area contributed by atoms with Gasteiger partial charge >= 0.3 is 0 Å². The average Bonchev–Trinajstić information content (AvgIpc) is 2.27. The fourth-order valence-electron chi connectivity index (χ4n) is 2.00. The number of benzene rings is 1. The third-order valence-corrected chi connectivity index (χ3v) is 3.41. The smallest absolute Gasteiger partial charge is 0.124 e. The topological polar surface area (TPSA) is 21.3 Å². The first-order valence-corrected chi connectivity index (χ1v) is 6.19. The number of rotatable bonds is 2. The van der Waals surface area contributed by atoms with E-state index in [2.05, 4.69) is 11.4 Å². The number of halogens is 1. The lowest BCUT2D eigenvalue weighted by atomic mass is 10.1. The van der Waals surface area contributed by atoms with Crippen LogP contribution in [0.3, 0.4) is 0 Å². The highest BCUT2D eigenvalue weighted by Gasteiger charge is 2.16. The molecule has 2 nitrogen and oxygen atoms in total. The zero-order valence-electron chi connectivity index (χ0n) is 9.85. The molecule has 1 aromatic carbocycles. The van der Waals surface area contributed by atoms with E-state index < -0.39 is 0 Å². The van der Waals surface area contributed by atoms with Gasteiger partial charge in [0.05, 0.1) is 0 Å². The van der Waals surface area contributed by atoms with Gasteiger partial charge < -0.3 is 10.1 Å². The predicted octanol–water partition coefficient (Wildman–Crippen LogP) is 3.09. The number of aryl methyl sites for hydroxylation is 1. The zero-order valence-corrected chi connectivity index (χ0v) is 10.6. The van der Waals surface area contributed by atoms with Crippen molar-refractivity contribution in [2.45, 2.75) is 32.8 Å². The summed E-state index contributed by atoms with van der Waals surface area (Å²) in [5.41, 5.74) is 2.20. The van der Waals surface area contributed by atoms with Crippen LogP contribution in [0, 0.1) is 13.8 Å². The van der Waals surface area contributed by atoms with E-state index in [-0.39, 0.29) is 0 Å². The van der Waals surface area contributed by atoms with Gasteiger partial charge in [-0.1, -0.05) is 11.6 Å². The number of nitrogens with one attached hydrogen (secondary N) is 1. The zero-order chi connectivity index (χ0) is 11.5. The minimum atomic E-state index is 0.331. The second kappa shape index (κ2) is 5.07. The van der Waals surface area contributed by atoms with Crippen LogP contribution in [0.25, 0.3) is 0 Å². The lowest BCUT2D eigenvalue weighted by Gasteiger charge is -2.25. The number of piperidine rings is 1. The summed E-state index contributed by atoms with van der Waals surface area (Å²) in [6.45, 7) is 6.14. The van der Waals surface area contributed by atoms with Crippen LogP contribution in [0.5, 0.6) is 5.75 Å². The van der Waals surface area contributed by atoms with Gasteiger partial charge in [0.15, 0.2) is 0 Å². The normalized spacial score (nSPS) is 17.4. The van der Waals surface area contributed by atoms with Gasteiger partial charge in [0.25, 0.3) is 0 Å². The Kier molecular flexibility index (Phi) is 3.72. The second-order valence-electron chi connectivity index (χ2n) is 4.44. The summed E-state index contributed by atoms with van der Waals surface area (Å²) in [7, 11) is 0. The maximum atomic E-state index is 6.14. The first-order chi connectivity index (χ1) is 7.66. The maximum Gasteiger partial charge on any atom is 0.124 e. The molecule has 0 aromatic heterocycles. The van der Waals surface area contributed by atoms with Gasteiger partial charge in [0.2, 0.25) is 0 Å². The Bertz CT molecular complexity index is 372.